The molecule has 1 aliphatic heterocycles. The number of nitrogens with one attached hydrogen (secondary N) is 1. The molecule has 0 bridgehead atoms. The third-order valence-electron chi connectivity index (χ3n) is 8.59. The Bertz CT molecular complexity index is 2740. The van der Waals surface area contributed by atoms with Gasteiger partial charge in [-0.25, -0.2) is 0 Å². The molecule has 0 amide bonds. The molecule has 9 rings (SSSR count). The molecule has 0 radical (unpaired) electrons. The van der Waals surface area contributed by atoms with Gasteiger partial charge in [0, 0.05) is 49.8 Å². The van der Waals surface area contributed by atoms with E-state index in [1.807, 2.05) is 103 Å². The lowest BCUT2D eigenvalue weighted by molar-refractivity contribution is 0.597. The largest absolute Gasteiger partial charge is 0.412 e. The number of pyridine rings is 6. The maximum atomic E-state index is 11.1. The first-order valence-electron chi connectivity index (χ1n) is 19.6. The Morgan fingerprint density at radius 1 is 0.500 bits per heavy atom. The van der Waals surface area contributed by atoms with E-state index < -0.39 is 0 Å². The van der Waals surface area contributed by atoms with E-state index in [2.05, 4.69) is 77.6 Å². The van der Waals surface area contributed by atoms with Gasteiger partial charge in [0.15, 0.2) is 25.4 Å². The fraction of sp³-hybridized carbons (Fsp3) is 0.0889. The van der Waals surface area contributed by atoms with E-state index in [1.54, 1.807) is 55.4 Å². The lowest BCUT2D eigenvalue weighted by Crippen LogP contribution is -2.21. The molecular weight excluding hydrogens is 894 g/mol. The van der Waals surface area contributed by atoms with Crippen LogP contribution in [0, 0.1) is 0 Å². The molecule has 8 aromatic heterocycles. The van der Waals surface area contributed by atoms with E-state index in [1.165, 1.54) is 0 Å². The Morgan fingerprint density at radius 3 is 1.38 bits per heavy atom. The van der Waals surface area contributed by atoms with E-state index in [-0.39, 0.29) is 30.9 Å². The third kappa shape index (κ3) is 14.6. The van der Waals surface area contributed by atoms with Crippen molar-refractivity contribution >= 4 is 36.8 Å². The van der Waals surface area contributed by atoms with Crippen molar-refractivity contribution < 1.29 is 19.2 Å². The van der Waals surface area contributed by atoms with Crippen LogP contribution in [-0.2, 0) is 19.9 Å². The van der Waals surface area contributed by atoms with Crippen LogP contribution in [-0.4, -0.2) is 84.0 Å². The summed E-state index contributed by atoms with van der Waals surface area (Å²) in [6.07, 6.45) is 13.8. The molecule has 0 saturated heterocycles. The highest BCUT2D eigenvalue weighted by Gasteiger charge is 2.20. The van der Waals surface area contributed by atoms with Crippen LogP contribution in [0.25, 0.3) is 51.5 Å². The normalized spacial score (nSPS) is 11.5. The zero-order valence-electron chi connectivity index (χ0n) is 34.9. The Balaban J connectivity index is 0.000000176. The lowest BCUT2D eigenvalue weighted by Gasteiger charge is -2.19. The van der Waals surface area contributed by atoms with Gasteiger partial charge in [-0.15, -0.1) is 37.2 Å². The van der Waals surface area contributed by atoms with Crippen LogP contribution < -0.4 is 5.43 Å². The van der Waals surface area contributed by atoms with E-state index in [4.69, 9.17) is 0 Å². The van der Waals surface area contributed by atoms with E-state index >= 15 is 0 Å². The summed E-state index contributed by atoms with van der Waals surface area (Å²) < 4.78 is 31.5. The average Bonchev–Trinajstić information content (AvgIpc) is 3.39. The second-order valence-corrected chi connectivity index (χ2v) is 14.7. The first-order chi connectivity index (χ1) is 32.1. The van der Waals surface area contributed by atoms with Gasteiger partial charge in [0.05, 0.1) is 46.5 Å². The zero-order chi connectivity index (χ0) is 45.3. The molecule has 0 saturated carbocycles. The molecule has 66 heavy (non-hydrogen) atoms. The Kier molecular flexibility index (Phi) is 20.4. The van der Waals surface area contributed by atoms with Crippen LogP contribution in [0.2, 0.25) is 0 Å². The van der Waals surface area contributed by atoms with Crippen molar-refractivity contribution in [3.8, 4) is 45.8 Å². The van der Waals surface area contributed by atoms with Gasteiger partial charge in [0.1, 0.15) is 22.8 Å². The van der Waals surface area contributed by atoms with Crippen LogP contribution in [0.15, 0.2) is 176 Å². The number of aromatic nitrogens is 12. The van der Waals surface area contributed by atoms with E-state index in [0.717, 1.165) is 45.3 Å². The predicted molar refractivity (Wildman–Crippen MR) is 252 cm³/mol. The molecule has 0 spiro atoms. The fourth-order valence-corrected chi connectivity index (χ4v) is 6.54. The Hall–Kier alpha value is -7.87. The summed E-state index contributed by atoms with van der Waals surface area (Å²) in [5, 5.41) is 28.8. The molecule has 18 nitrogen and oxygen atoms in total. The minimum Gasteiger partial charge on any atom is -0.412 e. The average molecular weight is 933 g/mol. The standard InChI is InChI=1S/C15H13N4OP.C15H11N4OP.C12H8N6.C3H5OP.H2O/c2*20-21-10-11-9-14(12-5-1-3-7-16-12)18-19-15(11)13-6-2-4-8-17-13;1-3-7-13-9(5-1)11-15-17-12(18-16-11)10-6-2-4-8-14-10;1-2-3-5-4;/h1-8,19H,9-10H2;1-9H,10H2;1-8H;2H,1,3H2;1H2. The quantitative estimate of drug-likeness (QED) is 0.0892. The van der Waals surface area contributed by atoms with Crippen LogP contribution in [0.3, 0.4) is 0 Å². The van der Waals surface area contributed by atoms with E-state index in [0.29, 0.717) is 59.3 Å². The maximum absolute atomic E-state index is 11.1. The lowest BCUT2D eigenvalue weighted by atomic mass is 10.0. The summed E-state index contributed by atoms with van der Waals surface area (Å²) in [5.41, 5.74) is 12.2. The molecule has 0 fully saturated rings. The summed E-state index contributed by atoms with van der Waals surface area (Å²) in [6, 6.07) is 35.4. The number of hydrogen-bond donors (Lipinski definition) is 1. The van der Waals surface area contributed by atoms with Crippen molar-refractivity contribution in [2.45, 2.75) is 12.6 Å². The van der Waals surface area contributed by atoms with Crippen molar-refractivity contribution in [3.63, 3.8) is 0 Å². The number of allylic oxidation sites excluding steroid dienone is 2. The predicted octanol–water partition coefficient (Wildman–Crippen LogP) is 8.30. The maximum Gasteiger partial charge on any atom is 0.221 e. The van der Waals surface area contributed by atoms with Crippen LogP contribution in [0.1, 0.15) is 23.4 Å². The number of rotatable bonds is 12. The summed E-state index contributed by atoms with van der Waals surface area (Å²) >= 11 is 0. The highest BCUT2D eigenvalue weighted by atomic mass is 31.1. The molecule has 0 atom stereocenters. The Labute approximate surface area is 384 Å². The van der Waals surface area contributed by atoms with Crippen LogP contribution in [0.5, 0.6) is 0 Å². The SMILES string of the molecule is C=CCP=O.O.O=PCC1=C(c2ccccn2)NN=C(c2ccccn2)C1.O=PCc1cc(-c2ccccn2)nnc1-c1ccccn1.c1ccc(-c2nnc(-c3ccccn3)nn2)nc1. The summed E-state index contributed by atoms with van der Waals surface area (Å²) in [4.78, 5) is 25.4. The minimum absolute atomic E-state index is 0. The smallest absolute Gasteiger partial charge is 0.221 e. The number of hydrogen-bond acceptors (Lipinski definition) is 17. The van der Waals surface area contributed by atoms with Gasteiger partial charge in [0.25, 0.3) is 0 Å². The van der Waals surface area contributed by atoms with Gasteiger partial charge < -0.3 is 5.48 Å². The Morgan fingerprint density at radius 2 is 0.955 bits per heavy atom. The highest BCUT2D eigenvalue weighted by Crippen LogP contribution is 2.27. The van der Waals surface area contributed by atoms with Crippen molar-refractivity contribution in [3.05, 3.63) is 188 Å². The first kappa shape index (κ1) is 49.2. The number of hydrazone groups is 1. The zero-order valence-corrected chi connectivity index (χ0v) is 37.6. The van der Waals surface area contributed by atoms with Crippen molar-refractivity contribution in [1.82, 2.24) is 65.9 Å². The monoisotopic (exact) mass is 932 g/mol. The van der Waals surface area contributed by atoms with Crippen LogP contribution >= 0.6 is 25.4 Å². The van der Waals surface area contributed by atoms with Gasteiger partial charge in [0.2, 0.25) is 11.6 Å². The van der Waals surface area contributed by atoms with E-state index in [9.17, 15) is 13.7 Å². The second-order valence-electron chi connectivity index (χ2n) is 12.9. The van der Waals surface area contributed by atoms with Crippen molar-refractivity contribution in [2.24, 2.45) is 5.10 Å². The van der Waals surface area contributed by atoms with Crippen LogP contribution in [0.4, 0.5) is 0 Å². The highest BCUT2D eigenvalue weighted by molar-refractivity contribution is 7.24. The molecule has 21 heteroatoms. The molecular formula is C45H39N14O4P3. The number of nitrogens with zero attached hydrogens (tertiary/aromatic N) is 13. The summed E-state index contributed by atoms with van der Waals surface area (Å²) in [7, 11) is 0.279. The molecule has 0 aromatic carbocycles. The molecule has 1 aliphatic rings. The van der Waals surface area contributed by atoms with Gasteiger partial charge in [-0.3, -0.25) is 49.0 Å². The van der Waals surface area contributed by atoms with Crippen molar-refractivity contribution in [1.29, 1.82) is 0 Å². The molecule has 3 N–H and O–H groups in total. The summed E-state index contributed by atoms with van der Waals surface area (Å²) in [5.74, 6) is 0.797. The van der Waals surface area contributed by atoms with Gasteiger partial charge in [-0.05, 0) is 90.0 Å². The molecule has 328 valence electrons. The topological polar surface area (TPSA) is 262 Å². The fourth-order valence-electron chi connectivity index (χ4n) is 5.63. The molecule has 0 aliphatic carbocycles. The molecule has 0 unspecified atom stereocenters. The first-order valence-corrected chi connectivity index (χ1v) is 22.6. The van der Waals surface area contributed by atoms with Gasteiger partial charge in [-0.1, -0.05) is 42.5 Å². The second kappa shape index (κ2) is 27.3. The third-order valence-corrected chi connectivity index (χ3v) is 9.98. The van der Waals surface area contributed by atoms with Gasteiger partial charge >= 0.3 is 0 Å². The minimum atomic E-state index is 0. The van der Waals surface area contributed by atoms with Crippen molar-refractivity contribution in [2.75, 3.05) is 12.3 Å². The molecule has 9 heterocycles. The van der Waals surface area contributed by atoms with Gasteiger partial charge in [-0.2, -0.15) is 5.10 Å². The summed E-state index contributed by atoms with van der Waals surface area (Å²) in [6.45, 7) is 3.34. The molecule has 8 aromatic rings.